The Bertz CT molecular complexity index is 765. The van der Waals surface area contributed by atoms with Crippen molar-refractivity contribution in [2.24, 2.45) is 5.92 Å². The molecule has 0 saturated carbocycles. The summed E-state index contributed by atoms with van der Waals surface area (Å²) in [6.45, 7) is 4.40. The van der Waals surface area contributed by atoms with E-state index in [0.29, 0.717) is 19.4 Å². The fraction of sp³-hybridized carbons (Fsp3) is 0.708. The quantitative estimate of drug-likeness (QED) is 0.0808. The number of methoxy groups -OCH3 is 2. The molecule has 202 valence electrons. The molecule has 1 atom stereocenters. The summed E-state index contributed by atoms with van der Waals surface area (Å²) < 4.78 is 84.2. The minimum atomic E-state index is -2.29. The average molecular weight is 513 g/mol. The summed E-state index contributed by atoms with van der Waals surface area (Å²) in [5.41, 5.74) is -1.41. The van der Waals surface area contributed by atoms with E-state index in [2.05, 4.69) is 12.2 Å². The molecule has 0 bridgehead atoms. The van der Waals surface area contributed by atoms with Gasteiger partial charge in [0, 0.05) is 33.3 Å². The number of unbranched alkanes of at least 4 members (excludes halogenated alkanes) is 5. The highest BCUT2D eigenvalue weighted by molar-refractivity contribution is 5.89. The Hall–Kier alpha value is -1.98. The zero-order chi connectivity index (χ0) is 26.4. The molecule has 0 aliphatic heterocycles. The highest BCUT2D eigenvalue weighted by Crippen LogP contribution is 2.33. The zero-order valence-electron chi connectivity index (χ0n) is 20.9. The predicted molar refractivity (Wildman–Crippen MR) is 122 cm³/mol. The Kier molecular flexibility index (Phi) is 14.1. The molecule has 35 heavy (non-hydrogen) atoms. The van der Waals surface area contributed by atoms with Gasteiger partial charge in [0.1, 0.15) is 5.69 Å². The second-order valence-corrected chi connectivity index (χ2v) is 8.17. The van der Waals surface area contributed by atoms with Crippen LogP contribution < -0.4 is 10.6 Å². The Labute approximate surface area is 203 Å². The van der Waals surface area contributed by atoms with Crippen LogP contribution in [0.3, 0.4) is 0 Å². The third-order valence-electron chi connectivity index (χ3n) is 5.78. The van der Waals surface area contributed by atoms with Gasteiger partial charge in [-0.1, -0.05) is 45.4 Å². The molecular weight excluding hydrogens is 475 g/mol. The van der Waals surface area contributed by atoms with E-state index in [1.807, 2.05) is 6.92 Å². The second kappa shape index (κ2) is 15.9. The molecule has 0 saturated heterocycles. The molecule has 0 radical (unpaired) electrons. The molecule has 0 fully saturated rings. The maximum Gasteiger partial charge on any atom is 0.319 e. The van der Waals surface area contributed by atoms with Crippen molar-refractivity contribution < 1.29 is 41.0 Å². The minimum absolute atomic E-state index is 0.0733. The van der Waals surface area contributed by atoms with Gasteiger partial charge in [0.2, 0.25) is 5.82 Å². The van der Waals surface area contributed by atoms with Gasteiger partial charge in [0.25, 0.3) is 5.97 Å². The van der Waals surface area contributed by atoms with Gasteiger partial charge in [0.15, 0.2) is 23.3 Å². The number of hydrogen-bond donors (Lipinski definition) is 2. The summed E-state index contributed by atoms with van der Waals surface area (Å²) >= 11 is 0. The Morgan fingerprint density at radius 1 is 0.800 bits per heavy atom. The predicted octanol–water partition coefficient (Wildman–Crippen LogP) is 6.63. The summed E-state index contributed by atoms with van der Waals surface area (Å²) in [7, 11) is 2.98. The summed E-state index contributed by atoms with van der Waals surface area (Å²) in [5, 5.41) is 4.05. The van der Waals surface area contributed by atoms with Crippen LogP contribution in [0.1, 0.15) is 71.6 Å². The Morgan fingerprint density at radius 3 is 1.86 bits per heavy atom. The van der Waals surface area contributed by atoms with Crippen molar-refractivity contribution in [1.82, 2.24) is 5.32 Å². The average Bonchev–Trinajstić information content (AvgIpc) is 2.86. The number of carbonyl (C=O) groups excluding carboxylic acids is 1. The second-order valence-electron chi connectivity index (χ2n) is 8.17. The molecule has 0 aliphatic rings. The number of benzene rings is 1. The third-order valence-corrected chi connectivity index (χ3v) is 5.78. The van der Waals surface area contributed by atoms with Crippen molar-refractivity contribution in [1.29, 1.82) is 0 Å². The van der Waals surface area contributed by atoms with E-state index in [1.165, 1.54) is 27.1 Å². The van der Waals surface area contributed by atoms with Crippen molar-refractivity contribution in [2.45, 2.75) is 77.6 Å². The van der Waals surface area contributed by atoms with Crippen LogP contribution in [-0.4, -0.2) is 39.4 Å². The van der Waals surface area contributed by atoms with Gasteiger partial charge >= 0.3 is 6.03 Å². The summed E-state index contributed by atoms with van der Waals surface area (Å²) in [6.07, 6.45) is 8.35. The van der Waals surface area contributed by atoms with Crippen molar-refractivity contribution in [3.05, 3.63) is 29.1 Å². The van der Waals surface area contributed by atoms with Gasteiger partial charge in [-0.3, -0.25) is 0 Å². The number of amides is 2. The Balaban J connectivity index is 2.70. The lowest BCUT2D eigenvalue weighted by Gasteiger charge is -2.37. The topological polar surface area (TPSA) is 68.8 Å². The molecule has 0 spiro atoms. The van der Waals surface area contributed by atoms with Crippen LogP contribution in [0.25, 0.3) is 0 Å². The SMILES string of the molecule is CCCCCCCCC(CCCNC(=O)Nc1c(F)c(F)c(F)c(F)c1F)C(OC)(OC)OCC. The summed E-state index contributed by atoms with van der Waals surface area (Å²) in [5.74, 6) is -12.2. The molecular formula is C24H37F5N2O4. The van der Waals surface area contributed by atoms with Crippen molar-refractivity contribution in [3.63, 3.8) is 0 Å². The number of rotatable bonds is 17. The maximum atomic E-state index is 13.7. The van der Waals surface area contributed by atoms with E-state index in [4.69, 9.17) is 14.2 Å². The number of hydrogen-bond acceptors (Lipinski definition) is 4. The standard InChI is InChI=1S/C24H37F5N2O4/c1-5-7-8-9-10-11-13-16(24(33-3,34-4)35-6-2)14-12-15-30-23(32)31-22-20(28)18(26)17(25)19(27)21(22)29/h16H,5-15H2,1-4H3,(H2,30,31,32). The van der Waals surface area contributed by atoms with Crippen molar-refractivity contribution >= 4 is 11.7 Å². The van der Waals surface area contributed by atoms with E-state index in [0.717, 1.165) is 32.1 Å². The lowest BCUT2D eigenvalue weighted by atomic mass is 9.93. The number of halogens is 5. The van der Waals surface area contributed by atoms with Crippen LogP contribution in [0.4, 0.5) is 32.4 Å². The first-order chi connectivity index (χ1) is 16.7. The number of anilines is 1. The molecule has 1 unspecified atom stereocenters. The minimum Gasteiger partial charge on any atom is -0.338 e. The fourth-order valence-electron chi connectivity index (χ4n) is 3.95. The van der Waals surface area contributed by atoms with E-state index in [1.54, 1.807) is 5.32 Å². The van der Waals surface area contributed by atoms with Gasteiger partial charge in [-0.2, -0.15) is 0 Å². The lowest BCUT2D eigenvalue weighted by Crippen LogP contribution is -2.45. The van der Waals surface area contributed by atoms with Gasteiger partial charge < -0.3 is 24.8 Å². The molecule has 0 aromatic heterocycles. The number of carbonyl (C=O) groups is 1. The molecule has 1 aromatic rings. The highest BCUT2D eigenvalue weighted by Gasteiger charge is 2.40. The van der Waals surface area contributed by atoms with Crippen LogP contribution in [0.2, 0.25) is 0 Å². The molecule has 0 aliphatic carbocycles. The third kappa shape index (κ3) is 8.88. The highest BCUT2D eigenvalue weighted by atomic mass is 19.2. The molecule has 1 aromatic carbocycles. The molecule has 6 nitrogen and oxygen atoms in total. The van der Waals surface area contributed by atoms with E-state index < -0.39 is 46.8 Å². The number of ether oxygens (including phenoxy) is 3. The van der Waals surface area contributed by atoms with Gasteiger partial charge in [-0.05, 0) is 26.2 Å². The van der Waals surface area contributed by atoms with Gasteiger partial charge in [0.05, 0.1) is 0 Å². The summed E-state index contributed by atoms with van der Waals surface area (Å²) in [6, 6.07) is -1.10. The summed E-state index contributed by atoms with van der Waals surface area (Å²) in [4.78, 5) is 12.0. The zero-order valence-corrected chi connectivity index (χ0v) is 20.9. The van der Waals surface area contributed by atoms with Gasteiger partial charge in [-0.15, -0.1) is 0 Å². The molecule has 2 N–H and O–H groups in total. The van der Waals surface area contributed by atoms with Crippen LogP contribution in [0, 0.1) is 35.0 Å². The first-order valence-electron chi connectivity index (χ1n) is 12.0. The van der Waals surface area contributed by atoms with Crippen LogP contribution in [-0.2, 0) is 14.2 Å². The first-order valence-corrected chi connectivity index (χ1v) is 12.0. The first kappa shape index (κ1) is 31.1. The van der Waals surface area contributed by atoms with E-state index in [9.17, 15) is 26.7 Å². The van der Waals surface area contributed by atoms with Crippen molar-refractivity contribution in [2.75, 3.05) is 32.7 Å². The van der Waals surface area contributed by atoms with Gasteiger partial charge in [-0.25, -0.2) is 26.7 Å². The normalized spacial score (nSPS) is 12.6. The molecule has 2 amide bonds. The van der Waals surface area contributed by atoms with Crippen LogP contribution in [0.5, 0.6) is 0 Å². The maximum absolute atomic E-state index is 13.7. The fourth-order valence-corrected chi connectivity index (χ4v) is 3.95. The molecule has 1 rings (SSSR count). The molecule has 0 heterocycles. The van der Waals surface area contributed by atoms with Crippen LogP contribution in [0.15, 0.2) is 0 Å². The largest absolute Gasteiger partial charge is 0.338 e. The molecule has 11 heteroatoms. The smallest absolute Gasteiger partial charge is 0.319 e. The number of urea groups is 1. The number of nitrogens with one attached hydrogen (secondary N) is 2. The van der Waals surface area contributed by atoms with E-state index in [-0.39, 0.29) is 12.5 Å². The van der Waals surface area contributed by atoms with Crippen molar-refractivity contribution in [3.8, 4) is 0 Å². The Morgan fingerprint density at radius 2 is 1.31 bits per heavy atom. The lowest BCUT2D eigenvalue weighted by molar-refractivity contribution is -0.388. The monoisotopic (exact) mass is 512 g/mol. The van der Waals surface area contributed by atoms with E-state index >= 15 is 0 Å². The van der Waals surface area contributed by atoms with Crippen LogP contribution >= 0.6 is 0 Å².